The number of ether oxygens (including phenoxy) is 2. The fraction of sp³-hybridized carbons (Fsp3) is 0.333. The van der Waals surface area contributed by atoms with Gasteiger partial charge in [0.05, 0.1) is 18.9 Å². The number of rotatable bonds is 3. The van der Waals surface area contributed by atoms with E-state index in [4.69, 9.17) is 19.4 Å². The number of hydrogen-bond donors (Lipinski definition) is 0. The third-order valence-corrected chi connectivity index (χ3v) is 5.27. The van der Waals surface area contributed by atoms with Gasteiger partial charge in [0, 0.05) is 67.9 Å². The second-order valence-corrected chi connectivity index (χ2v) is 7.01. The first kappa shape index (κ1) is 17.2. The predicted molar refractivity (Wildman–Crippen MR) is 105 cm³/mol. The average Bonchev–Trinajstić information content (AvgIpc) is 3.23. The number of aromatic nitrogens is 4. The van der Waals surface area contributed by atoms with E-state index in [1.54, 1.807) is 24.8 Å². The lowest BCUT2D eigenvalue weighted by atomic mass is 10.0. The van der Waals surface area contributed by atoms with E-state index in [0.29, 0.717) is 19.0 Å². The van der Waals surface area contributed by atoms with E-state index < -0.39 is 5.79 Å². The van der Waals surface area contributed by atoms with Crippen LogP contribution in [0.3, 0.4) is 0 Å². The zero-order valence-electron chi connectivity index (χ0n) is 15.5. The Balaban J connectivity index is 1.50. The van der Waals surface area contributed by atoms with Gasteiger partial charge in [-0.3, -0.25) is 9.97 Å². The lowest BCUT2D eigenvalue weighted by Crippen LogP contribution is -2.45. The van der Waals surface area contributed by atoms with Crippen molar-refractivity contribution in [3.05, 3.63) is 55.1 Å². The predicted octanol–water partition coefficient (Wildman–Crippen LogP) is 2.94. The van der Waals surface area contributed by atoms with Crippen LogP contribution in [0.2, 0.25) is 0 Å². The Morgan fingerprint density at radius 1 is 0.857 bits per heavy atom. The largest absolute Gasteiger partial charge is 0.356 e. The molecule has 5 rings (SSSR count). The Morgan fingerprint density at radius 3 is 2.36 bits per heavy atom. The van der Waals surface area contributed by atoms with Crippen molar-refractivity contribution >= 4 is 5.82 Å². The van der Waals surface area contributed by atoms with E-state index in [1.165, 1.54) is 0 Å². The van der Waals surface area contributed by atoms with Crippen LogP contribution in [0.25, 0.3) is 22.6 Å². The van der Waals surface area contributed by atoms with Crippen LogP contribution in [0.4, 0.5) is 5.82 Å². The summed E-state index contributed by atoms with van der Waals surface area (Å²) in [4.78, 5) is 20.2. The first-order valence-corrected chi connectivity index (χ1v) is 9.54. The van der Waals surface area contributed by atoms with Crippen LogP contribution in [-0.2, 0) is 9.47 Å². The Kier molecular flexibility index (Phi) is 4.46. The lowest BCUT2D eigenvalue weighted by molar-refractivity contribution is -0.169. The number of hydrogen-bond acceptors (Lipinski definition) is 7. The van der Waals surface area contributed by atoms with Crippen LogP contribution in [0.1, 0.15) is 12.8 Å². The summed E-state index contributed by atoms with van der Waals surface area (Å²) in [5.41, 5.74) is 2.79. The number of nitrogens with zero attached hydrogens (tertiary/aromatic N) is 5. The highest BCUT2D eigenvalue weighted by molar-refractivity contribution is 5.67. The lowest BCUT2D eigenvalue weighted by Gasteiger charge is -2.38. The highest BCUT2D eigenvalue weighted by Crippen LogP contribution is 2.34. The Bertz CT molecular complexity index is 878. The Labute approximate surface area is 163 Å². The van der Waals surface area contributed by atoms with Crippen molar-refractivity contribution in [1.29, 1.82) is 0 Å². The van der Waals surface area contributed by atoms with Crippen LogP contribution in [-0.4, -0.2) is 52.0 Å². The van der Waals surface area contributed by atoms with Crippen molar-refractivity contribution in [3.8, 4) is 22.6 Å². The van der Waals surface area contributed by atoms with Gasteiger partial charge in [-0.05, 0) is 24.3 Å². The van der Waals surface area contributed by atoms with Gasteiger partial charge in [0.15, 0.2) is 11.6 Å². The molecule has 0 unspecified atom stereocenters. The molecule has 2 aliphatic heterocycles. The summed E-state index contributed by atoms with van der Waals surface area (Å²) in [6, 6.07) is 9.85. The van der Waals surface area contributed by atoms with Gasteiger partial charge in [0.1, 0.15) is 5.82 Å². The maximum atomic E-state index is 5.85. The normalized spacial score (nSPS) is 18.5. The minimum atomic E-state index is -0.399. The van der Waals surface area contributed by atoms with Gasteiger partial charge in [-0.2, -0.15) is 0 Å². The highest BCUT2D eigenvalue weighted by atomic mass is 16.7. The van der Waals surface area contributed by atoms with Crippen LogP contribution in [0, 0.1) is 0 Å². The zero-order chi connectivity index (χ0) is 18.8. The molecular formula is C21H21N5O2. The van der Waals surface area contributed by atoms with E-state index in [2.05, 4.69) is 14.9 Å². The molecule has 0 aliphatic carbocycles. The van der Waals surface area contributed by atoms with E-state index >= 15 is 0 Å². The van der Waals surface area contributed by atoms with Crippen molar-refractivity contribution in [2.45, 2.75) is 18.6 Å². The zero-order valence-corrected chi connectivity index (χ0v) is 15.5. The summed E-state index contributed by atoms with van der Waals surface area (Å²) in [6.07, 6.45) is 8.78. The number of pyridine rings is 2. The maximum Gasteiger partial charge on any atom is 0.171 e. The van der Waals surface area contributed by atoms with E-state index in [9.17, 15) is 0 Å². The van der Waals surface area contributed by atoms with Gasteiger partial charge in [-0.1, -0.05) is 0 Å². The monoisotopic (exact) mass is 375 g/mol. The van der Waals surface area contributed by atoms with Gasteiger partial charge in [0.2, 0.25) is 0 Å². The molecule has 7 heteroatoms. The third kappa shape index (κ3) is 3.34. The molecule has 3 aromatic heterocycles. The highest BCUT2D eigenvalue weighted by Gasteiger charge is 2.40. The van der Waals surface area contributed by atoms with Gasteiger partial charge in [0.25, 0.3) is 0 Å². The summed E-state index contributed by atoms with van der Waals surface area (Å²) in [5.74, 6) is 1.18. The van der Waals surface area contributed by atoms with Crippen molar-refractivity contribution < 1.29 is 9.47 Å². The van der Waals surface area contributed by atoms with Crippen LogP contribution in [0.5, 0.6) is 0 Å². The SMILES string of the molecule is c1cncc(-c2nc(-c3ccncc3)cc(N3CCC4(CC3)OCCO4)n2)c1. The fourth-order valence-electron chi connectivity index (χ4n) is 3.75. The molecule has 7 nitrogen and oxygen atoms in total. The van der Waals surface area contributed by atoms with E-state index in [0.717, 1.165) is 48.6 Å². The second-order valence-electron chi connectivity index (χ2n) is 7.01. The molecule has 2 saturated heterocycles. The van der Waals surface area contributed by atoms with Crippen molar-refractivity contribution in [3.63, 3.8) is 0 Å². The number of piperidine rings is 1. The summed E-state index contributed by atoms with van der Waals surface area (Å²) in [5, 5.41) is 0. The third-order valence-electron chi connectivity index (χ3n) is 5.27. The Hall–Kier alpha value is -2.90. The van der Waals surface area contributed by atoms with Gasteiger partial charge in [-0.25, -0.2) is 9.97 Å². The van der Waals surface area contributed by atoms with E-state index in [-0.39, 0.29) is 0 Å². The van der Waals surface area contributed by atoms with Crippen LogP contribution >= 0.6 is 0 Å². The molecule has 2 fully saturated rings. The molecule has 5 heterocycles. The van der Waals surface area contributed by atoms with Crippen molar-refractivity contribution in [2.75, 3.05) is 31.2 Å². The van der Waals surface area contributed by atoms with Gasteiger partial charge < -0.3 is 14.4 Å². The molecule has 0 saturated carbocycles. The molecule has 1 spiro atoms. The van der Waals surface area contributed by atoms with Crippen molar-refractivity contribution in [2.24, 2.45) is 0 Å². The average molecular weight is 375 g/mol. The molecule has 0 amide bonds. The molecule has 0 radical (unpaired) electrons. The quantitative estimate of drug-likeness (QED) is 0.697. The molecule has 0 N–H and O–H groups in total. The van der Waals surface area contributed by atoms with Gasteiger partial charge in [-0.15, -0.1) is 0 Å². The molecule has 0 aromatic carbocycles. The maximum absolute atomic E-state index is 5.85. The van der Waals surface area contributed by atoms with Crippen molar-refractivity contribution in [1.82, 2.24) is 19.9 Å². The molecule has 0 bridgehead atoms. The fourth-order valence-corrected chi connectivity index (χ4v) is 3.75. The molecule has 2 aliphatic rings. The Morgan fingerprint density at radius 2 is 1.64 bits per heavy atom. The summed E-state index contributed by atoms with van der Waals surface area (Å²) < 4.78 is 11.7. The second kappa shape index (κ2) is 7.26. The standard InChI is InChI=1S/C21H21N5O2/c1-2-17(15-23-7-1)20-24-18(16-3-8-22-9-4-16)14-19(25-20)26-10-5-21(6-11-26)27-12-13-28-21/h1-4,7-9,14-15H,5-6,10-13H2. The topological polar surface area (TPSA) is 73.3 Å². The molecular weight excluding hydrogens is 354 g/mol. The summed E-state index contributed by atoms with van der Waals surface area (Å²) >= 11 is 0. The number of anilines is 1. The molecule has 0 atom stereocenters. The van der Waals surface area contributed by atoms with Crippen LogP contribution < -0.4 is 4.90 Å². The molecule has 142 valence electrons. The minimum Gasteiger partial charge on any atom is -0.356 e. The smallest absolute Gasteiger partial charge is 0.171 e. The summed E-state index contributed by atoms with van der Waals surface area (Å²) in [7, 11) is 0. The summed E-state index contributed by atoms with van der Waals surface area (Å²) in [6.45, 7) is 3.04. The van der Waals surface area contributed by atoms with E-state index in [1.807, 2.05) is 30.3 Å². The minimum absolute atomic E-state index is 0.399. The van der Waals surface area contributed by atoms with Gasteiger partial charge >= 0.3 is 0 Å². The molecule has 3 aromatic rings. The molecule has 28 heavy (non-hydrogen) atoms. The van der Waals surface area contributed by atoms with Crippen LogP contribution in [0.15, 0.2) is 55.1 Å². The first-order chi connectivity index (χ1) is 13.8. The first-order valence-electron chi connectivity index (χ1n) is 9.54.